The lowest BCUT2D eigenvalue weighted by Gasteiger charge is -2.14. The topological polar surface area (TPSA) is 111 Å². The number of methoxy groups -OCH3 is 3. The van der Waals surface area contributed by atoms with Crippen LogP contribution in [0.2, 0.25) is 0 Å². The molecule has 0 aliphatic carbocycles. The zero-order valence-electron chi connectivity index (χ0n) is 18.5. The number of aromatic nitrogens is 1. The lowest BCUT2D eigenvalue weighted by atomic mass is 10.2. The van der Waals surface area contributed by atoms with Crippen LogP contribution in [0.5, 0.6) is 11.5 Å². The first-order chi connectivity index (χ1) is 16.0. The van der Waals surface area contributed by atoms with Crippen LogP contribution in [-0.2, 0) is 11.3 Å². The summed E-state index contributed by atoms with van der Waals surface area (Å²) >= 11 is 0. The van der Waals surface area contributed by atoms with Crippen molar-refractivity contribution in [2.24, 2.45) is 4.99 Å². The van der Waals surface area contributed by atoms with E-state index in [0.29, 0.717) is 34.9 Å². The first-order valence-electron chi connectivity index (χ1n) is 9.95. The van der Waals surface area contributed by atoms with Crippen molar-refractivity contribution in [2.45, 2.75) is 6.54 Å². The number of anilines is 1. The fourth-order valence-corrected chi connectivity index (χ4v) is 2.87. The molecular weight excluding hydrogens is 424 g/mol. The maximum atomic E-state index is 13.0. The summed E-state index contributed by atoms with van der Waals surface area (Å²) in [6.45, 7) is 0.295. The van der Waals surface area contributed by atoms with E-state index >= 15 is 0 Å². The van der Waals surface area contributed by atoms with Crippen molar-refractivity contribution in [3.63, 3.8) is 0 Å². The summed E-state index contributed by atoms with van der Waals surface area (Å²) in [6.07, 6.45) is 3.33. The van der Waals surface area contributed by atoms with Crippen molar-refractivity contribution < 1.29 is 23.8 Å². The molecule has 0 radical (unpaired) electrons. The van der Waals surface area contributed by atoms with Gasteiger partial charge in [-0.05, 0) is 48.0 Å². The highest BCUT2D eigenvalue weighted by Crippen LogP contribution is 2.22. The number of carbonyl (C=O) groups is 2. The molecule has 1 heterocycles. The number of nitrogens with one attached hydrogen (secondary N) is 2. The first-order valence-corrected chi connectivity index (χ1v) is 9.95. The van der Waals surface area contributed by atoms with Gasteiger partial charge in [-0.15, -0.1) is 0 Å². The molecule has 0 unspecified atom stereocenters. The van der Waals surface area contributed by atoms with Gasteiger partial charge in [-0.1, -0.05) is 6.07 Å². The molecule has 1 aromatic heterocycles. The molecular formula is C24H24N4O5. The summed E-state index contributed by atoms with van der Waals surface area (Å²) in [5.41, 5.74) is 2.15. The minimum absolute atomic E-state index is 0.195. The predicted molar refractivity (Wildman–Crippen MR) is 124 cm³/mol. The van der Waals surface area contributed by atoms with Crippen molar-refractivity contribution in [1.82, 2.24) is 10.3 Å². The summed E-state index contributed by atoms with van der Waals surface area (Å²) in [5.74, 6) is 0.265. The average molecular weight is 448 g/mol. The third-order valence-electron chi connectivity index (χ3n) is 4.56. The van der Waals surface area contributed by atoms with E-state index in [1.807, 2.05) is 12.1 Å². The SMILES string of the molecule is COC(=O)c1cccc(NC(=NCc2ccncc2)NC(=O)c2cc(OC)cc(OC)c2)c1. The largest absolute Gasteiger partial charge is 0.497 e. The van der Waals surface area contributed by atoms with E-state index in [1.54, 1.807) is 54.9 Å². The van der Waals surface area contributed by atoms with E-state index in [9.17, 15) is 9.59 Å². The van der Waals surface area contributed by atoms with Gasteiger partial charge in [0.1, 0.15) is 11.5 Å². The van der Waals surface area contributed by atoms with Crippen molar-refractivity contribution in [3.05, 3.63) is 83.7 Å². The Morgan fingerprint density at radius 2 is 1.61 bits per heavy atom. The van der Waals surface area contributed by atoms with Gasteiger partial charge in [0.2, 0.25) is 5.96 Å². The maximum Gasteiger partial charge on any atom is 0.337 e. The monoisotopic (exact) mass is 448 g/mol. The number of carbonyl (C=O) groups excluding carboxylic acids is 2. The molecule has 0 aliphatic heterocycles. The van der Waals surface area contributed by atoms with E-state index in [1.165, 1.54) is 21.3 Å². The number of hydrogen-bond acceptors (Lipinski definition) is 7. The van der Waals surface area contributed by atoms with Crippen LogP contribution >= 0.6 is 0 Å². The first kappa shape index (κ1) is 23.3. The van der Waals surface area contributed by atoms with E-state index in [0.717, 1.165) is 5.56 Å². The Kier molecular flexibility index (Phi) is 7.96. The molecule has 0 aliphatic rings. The molecule has 0 saturated carbocycles. The van der Waals surface area contributed by atoms with Gasteiger partial charge in [0.25, 0.3) is 5.91 Å². The molecule has 1 amide bonds. The Morgan fingerprint density at radius 1 is 0.909 bits per heavy atom. The van der Waals surface area contributed by atoms with Crippen LogP contribution in [-0.4, -0.2) is 44.1 Å². The van der Waals surface area contributed by atoms with Crippen molar-refractivity contribution in [3.8, 4) is 11.5 Å². The van der Waals surface area contributed by atoms with Gasteiger partial charge in [0, 0.05) is 29.7 Å². The number of benzene rings is 2. The van der Waals surface area contributed by atoms with E-state index < -0.39 is 11.9 Å². The number of rotatable bonds is 7. The van der Waals surface area contributed by atoms with Crippen LogP contribution in [0.1, 0.15) is 26.3 Å². The molecule has 0 spiro atoms. The number of ether oxygens (including phenoxy) is 3. The second-order valence-electron chi connectivity index (χ2n) is 6.77. The van der Waals surface area contributed by atoms with Crippen molar-refractivity contribution >= 4 is 23.5 Å². The van der Waals surface area contributed by atoms with Crippen LogP contribution in [0.3, 0.4) is 0 Å². The van der Waals surface area contributed by atoms with E-state index in [2.05, 4.69) is 20.6 Å². The normalized spacial score (nSPS) is 10.8. The van der Waals surface area contributed by atoms with Crippen LogP contribution in [0.15, 0.2) is 72.0 Å². The zero-order chi connectivity index (χ0) is 23.6. The fraction of sp³-hybridized carbons (Fsp3) is 0.167. The smallest absolute Gasteiger partial charge is 0.337 e. The second kappa shape index (κ2) is 11.3. The molecule has 0 fully saturated rings. The highest BCUT2D eigenvalue weighted by atomic mass is 16.5. The Labute approximate surface area is 191 Å². The van der Waals surface area contributed by atoms with Gasteiger partial charge in [-0.3, -0.25) is 15.1 Å². The lowest BCUT2D eigenvalue weighted by Crippen LogP contribution is -2.36. The van der Waals surface area contributed by atoms with Gasteiger partial charge in [-0.25, -0.2) is 9.79 Å². The number of aliphatic imine (C=N–C) groups is 1. The average Bonchev–Trinajstić information content (AvgIpc) is 2.87. The molecule has 0 saturated heterocycles. The lowest BCUT2D eigenvalue weighted by molar-refractivity contribution is 0.0600. The Balaban J connectivity index is 1.87. The van der Waals surface area contributed by atoms with E-state index in [4.69, 9.17) is 14.2 Å². The summed E-state index contributed by atoms with van der Waals surface area (Å²) in [4.78, 5) is 33.3. The molecule has 0 atom stereocenters. The number of nitrogens with zero attached hydrogens (tertiary/aromatic N) is 2. The number of amides is 1. The molecule has 2 N–H and O–H groups in total. The maximum absolute atomic E-state index is 13.0. The highest BCUT2D eigenvalue weighted by molar-refractivity contribution is 6.10. The van der Waals surface area contributed by atoms with Crippen LogP contribution in [0.25, 0.3) is 0 Å². The highest BCUT2D eigenvalue weighted by Gasteiger charge is 2.14. The van der Waals surface area contributed by atoms with Crippen molar-refractivity contribution in [1.29, 1.82) is 0 Å². The minimum atomic E-state index is -0.471. The van der Waals surface area contributed by atoms with Crippen LogP contribution < -0.4 is 20.1 Å². The van der Waals surface area contributed by atoms with Gasteiger partial charge >= 0.3 is 5.97 Å². The molecule has 9 nitrogen and oxygen atoms in total. The van der Waals surface area contributed by atoms with Crippen molar-refractivity contribution in [2.75, 3.05) is 26.6 Å². The van der Waals surface area contributed by atoms with E-state index in [-0.39, 0.29) is 5.96 Å². The van der Waals surface area contributed by atoms with Crippen LogP contribution in [0, 0.1) is 0 Å². The molecule has 0 bridgehead atoms. The Morgan fingerprint density at radius 3 is 2.24 bits per heavy atom. The Hall–Kier alpha value is -4.40. The molecule has 2 aromatic carbocycles. The molecule has 33 heavy (non-hydrogen) atoms. The number of hydrogen-bond donors (Lipinski definition) is 2. The summed E-state index contributed by atoms with van der Waals surface area (Å²) < 4.78 is 15.3. The number of pyridine rings is 1. The second-order valence-corrected chi connectivity index (χ2v) is 6.77. The predicted octanol–water partition coefficient (Wildman–Crippen LogP) is 3.28. The standard InChI is InChI=1S/C24H24N4O5/c1-31-20-12-18(13-21(14-20)32-2)22(29)28-24(26-15-16-7-9-25-10-8-16)27-19-6-4-5-17(11-19)23(30)33-3/h4-14H,15H2,1-3H3,(H2,26,27,28,29). The zero-order valence-corrected chi connectivity index (χ0v) is 18.5. The summed E-state index contributed by atoms with van der Waals surface area (Å²) in [6, 6.07) is 15.2. The number of guanidine groups is 1. The van der Waals surface area contributed by atoms with Gasteiger partial charge < -0.3 is 19.5 Å². The minimum Gasteiger partial charge on any atom is -0.497 e. The quantitative estimate of drug-likeness (QED) is 0.324. The summed E-state index contributed by atoms with van der Waals surface area (Å²) in [5, 5.41) is 5.83. The van der Waals surface area contributed by atoms with Gasteiger partial charge in [0.15, 0.2) is 0 Å². The third-order valence-corrected chi connectivity index (χ3v) is 4.56. The Bertz CT molecular complexity index is 1130. The number of esters is 1. The third kappa shape index (κ3) is 6.54. The van der Waals surface area contributed by atoms with Gasteiger partial charge in [0.05, 0.1) is 33.4 Å². The molecule has 9 heteroatoms. The molecule has 3 rings (SSSR count). The van der Waals surface area contributed by atoms with Gasteiger partial charge in [-0.2, -0.15) is 0 Å². The fourth-order valence-electron chi connectivity index (χ4n) is 2.87. The molecule has 3 aromatic rings. The molecule has 170 valence electrons. The van der Waals surface area contributed by atoms with Crippen LogP contribution in [0.4, 0.5) is 5.69 Å². The summed E-state index contributed by atoms with van der Waals surface area (Å²) in [7, 11) is 4.33.